The monoisotopic (exact) mass is 481 g/mol. The van der Waals surface area contributed by atoms with E-state index in [1.54, 1.807) is 14.2 Å². The quantitative estimate of drug-likeness (QED) is 0.338. The van der Waals surface area contributed by atoms with E-state index >= 15 is 0 Å². The van der Waals surface area contributed by atoms with Crippen molar-refractivity contribution in [2.45, 2.75) is 13.3 Å². The van der Waals surface area contributed by atoms with Crippen LogP contribution in [0.1, 0.15) is 12.6 Å². The van der Waals surface area contributed by atoms with Gasteiger partial charge in [0.25, 0.3) is 0 Å². The number of methoxy groups -OCH3 is 2. The van der Waals surface area contributed by atoms with Crippen LogP contribution in [0.4, 0.5) is 5.13 Å². The van der Waals surface area contributed by atoms with Gasteiger partial charge in [0.15, 0.2) is 16.6 Å². The number of carbonyl (C=O) groups is 1. The lowest BCUT2D eigenvalue weighted by Gasteiger charge is -2.08. The number of amides is 1. The molecule has 2 heterocycles. The van der Waals surface area contributed by atoms with Gasteiger partial charge < -0.3 is 19.5 Å². The van der Waals surface area contributed by atoms with Crippen molar-refractivity contribution in [3.05, 3.63) is 58.9 Å². The molecule has 33 heavy (non-hydrogen) atoms. The number of hydrogen-bond donors (Lipinski definition) is 1. The van der Waals surface area contributed by atoms with Crippen LogP contribution >= 0.6 is 22.7 Å². The maximum atomic E-state index is 12.6. The number of anilines is 1. The minimum atomic E-state index is -0.168. The van der Waals surface area contributed by atoms with Crippen molar-refractivity contribution >= 4 is 33.7 Å². The van der Waals surface area contributed by atoms with Crippen LogP contribution in [0.5, 0.6) is 17.2 Å². The maximum absolute atomic E-state index is 12.6. The molecule has 170 valence electrons. The van der Waals surface area contributed by atoms with Gasteiger partial charge >= 0.3 is 0 Å². The number of nitrogens with zero attached hydrogens (tertiary/aromatic N) is 2. The average molecular weight is 482 g/mol. The van der Waals surface area contributed by atoms with Crippen LogP contribution < -0.4 is 19.5 Å². The fourth-order valence-electron chi connectivity index (χ4n) is 3.22. The van der Waals surface area contributed by atoms with E-state index in [0.29, 0.717) is 28.9 Å². The molecule has 0 atom stereocenters. The van der Waals surface area contributed by atoms with E-state index < -0.39 is 0 Å². The molecule has 0 fully saturated rings. The molecular formula is C24H23N3O4S2. The van der Waals surface area contributed by atoms with Crippen molar-refractivity contribution in [1.29, 1.82) is 0 Å². The molecule has 1 N–H and O–H groups in total. The third kappa shape index (κ3) is 5.32. The summed E-state index contributed by atoms with van der Waals surface area (Å²) < 4.78 is 16.3. The highest BCUT2D eigenvalue weighted by Gasteiger charge is 2.14. The number of ether oxygens (including phenoxy) is 3. The lowest BCUT2D eigenvalue weighted by atomic mass is 10.1. The van der Waals surface area contributed by atoms with E-state index in [2.05, 4.69) is 15.3 Å². The number of para-hydroxylation sites is 1. The van der Waals surface area contributed by atoms with Crippen LogP contribution in [0.15, 0.2) is 53.2 Å². The van der Waals surface area contributed by atoms with Crippen LogP contribution in [0.3, 0.4) is 0 Å². The molecule has 0 aliphatic carbocycles. The summed E-state index contributed by atoms with van der Waals surface area (Å²) in [5.41, 5.74) is 3.26. The van der Waals surface area contributed by atoms with Crippen LogP contribution in [-0.4, -0.2) is 36.7 Å². The highest BCUT2D eigenvalue weighted by molar-refractivity contribution is 7.14. The summed E-state index contributed by atoms with van der Waals surface area (Å²) in [6.07, 6.45) is 0.165. The number of nitrogens with one attached hydrogen (secondary N) is 1. The molecule has 4 rings (SSSR count). The van der Waals surface area contributed by atoms with Gasteiger partial charge in [0, 0.05) is 16.3 Å². The summed E-state index contributed by atoms with van der Waals surface area (Å²) >= 11 is 2.86. The zero-order valence-corrected chi connectivity index (χ0v) is 20.1. The number of benzene rings is 2. The molecular weight excluding hydrogens is 458 g/mol. The minimum absolute atomic E-state index is 0.165. The number of carbonyl (C=O) groups excluding carboxylic acids is 1. The summed E-state index contributed by atoms with van der Waals surface area (Å²) in [4.78, 5) is 21.7. The SMILES string of the molecule is CCOc1ccccc1-c1nc(CC(=O)Nc2nc(-c3ccc(OC)c(OC)c3)cs2)cs1. The van der Waals surface area contributed by atoms with Crippen molar-refractivity contribution < 1.29 is 19.0 Å². The van der Waals surface area contributed by atoms with E-state index in [-0.39, 0.29) is 12.3 Å². The average Bonchev–Trinajstić information content (AvgIpc) is 3.49. The third-order valence-electron chi connectivity index (χ3n) is 4.74. The van der Waals surface area contributed by atoms with Crippen LogP contribution in [-0.2, 0) is 11.2 Å². The van der Waals surface area contributed by atoms with E-state index in [1.807, 2.05) is 60.1 Å². The van der Waals surface area contributed by atoms with Crippen LogP contribution in [0.2, 0.25) is 0 Å². The van der Waals surface area contributed by atoms with Gasteiger partial charge in [0.1, 0.15) is 10.8 Å². The summed E-state index contributed by atoms with van der Waals surface area (Å²) in [5, 5.41) is 8.01. The highest BCUT2D eigenvalue weighted by Crippen LogP contribution is 2.34. The van der Waals surface area contributed by atoms with Crippen molar-refractivity contribution in [3.63, 3.8) is 0 Å². The van der Waals surface area contributed by atoms with Crippen molar-refractivity contribution in [2.24, 2.45) is 0 Å². The molecule has 0 aliphatic heterocycles. The first-order valence-corrected chi connectivity index (χ1v) is 12.0. The standard InChI is InChI=1S/C24H23N3O4S2/c1-4-31-19-8-6-5-7-17(19)23-25-16(13-32-23)12-22(28)27-24-26-18(14-33-24)15-9-10-20(29-2)21(11-15)30-3/h5-11,13-14H,4,12H2,1-3H3,(H,26,27,28). The molecule has 1 amide bonds. The Hall–Kier alpha value is -3.43. The van der Waals surface area contributed by atoms with E-state index in [1.165, 1.54) is 22.7 Å². The number of aromatic nitrogens is 2. The molecule has 0 unspecified atom stereocenters. The van der Waals surface area contributed by atoms with Gasteiger partial charge in [-0.15, -0.1) is 22.7 Å². The summed E-state index contributed by atoms with van der Waals surface area (Å²) in [7, 11) is 3.19. The van der Waals surface area contributed by atoms with E-state index in [0.717, 1.165) is 27.6 Å². The predicted molar refractivity (Wildman–Crippen MR) is 132 cm³/mol. The van der Waals surface area contributed by atoms with Gasteiger partial charge in [-0.1, -0.05) is 12.1 Å². The molecule has 2 aromatic carbocycles. The molecule has 0 aliphatic rings. The predicted octanol–water partition coefficient (Wildman–Crippen LogP) is 5.53. The zero-order valence-electron chi connectivity index (χ0n) is 18.5. The second kappa shape index (κ2) is 10.5. The smallest absolute Gasteiger partial charge is 0.232 e. The van der Waals surface area contributed by atoms with Crippen molar-refractivity contribution in [2.75, 3.05) is 26.1 Å². The Labute approximate surface area is 200 Å². The van der Waals surface area contributed by atoms with Gasteiger partial charge in [0.05, 0.1) is 44.2 Å². The summed E-state index contributed by atoms with van der Waals surface area (Å²) in [5.74, 6) is 1.89. The molecule has 0 spiro atoms. The zero-order chi connectivity index (χ0) is 23.2. The van der Waals surface area contributed by atoms with Gasteiger partial charge in [-0.2, -0.15) is 0 Å². The maximum Gasteiger partial charge on any atom is 0.232 e. The Bertz CT molecular complexity index is 1250. The van der Waals surface area contributed by atoms with E-state index in [4.69, 9.17) is 14.2 Å². The fourth-order valence-corrected chi connectivity index (χ4v) is 4.81. The molecule has 0 radical (unpaired) electrons. The minimum Gasteiger partial charge on any atom is -0.493 e. The largest absolute Gasteiger partial charge is 0.493 e. The third-order valence-corrected chi connectivity index (χ3v) is 6.42. The lowest BCUT2D eigenvalue weighted by molar-refractivity contribution is -0.115. The summed E-state index contributed by atoms with van der Waals surface area (Å²) in [6, 6.07) is 13.4. The van der Waals surface area contributed by atoms with Crippen LogP contribution in [0.25, 0.3) is 21.8 Å². The molecule has 0 bridgehead atoms. The molecule has 0 saturated heterocycles. The molecule has 7 nitrogen and oxygen atoms in total. The van der Waals surface area contributed by atoms with E-state index in [9.17, 15) is 4.79 Å². The second-order valence-electron chi connectivity index (χ2n) is 6.91. The molecule has 2 aromatic heterocycles. The molecule has 4 aromatic rings. The lowest BCUT2D eigenvalue weighted by Crippen LogP contribution is -2.14. The van der Waals surface area contributed by atoms with Gasteiger partial charge in [-0.3, -0.25) is 4.79 Å². The Kier molecular flexibility index (Phi) is 7.21. The van der Waals surface area contributed by atoms with Crippen molar-refractivity contribution in [1.82, 2.24) is 9.97 Å². The van der Waals surface area contributed by atoms with Crippen molar-refractivity contribution in [3.8, 4) is 39.1 Å². The Morgan fingerprint density at radius 2 is 1.79 bits per heavy atom. The van der Waals surface area contributed by atoms with Gasteiger partial charge in [-0.25, -0.2) is 9.97 Å². The van der Waals surface area contributed by atoms with Gasteiger partial charge in [0.2, 0.25) is 5.91 Å². The Balaban J connectivity index is 1.42. The molecule has 9 heteroatoms. The highest BCUT2D eigenvalue weighted by atomic mass is 32.1. The summed E-state index contributed by atoms with van der Waals surface area (Å²) in [6.45, 7) is 2.53. The number of hydrogen-bond acceptors (Lipinski definition) is 8. The fraction of sp³-hybridized carbons (Fsp3) is 0.208. The van der Waals surface area contributed by atoms with Crippen LogP contribution in [0, 0.1) is 0 Å². The molecule has 0 saturated carbocycles. The normalized spacial score (nSPS) is 10.6. The Morgan fingerprint density at radius 3 is 2.58 bits per heavy atom. The first kappa shape index (κ1) is 22.8. The number of thiazole rings is 2. The number of rotatable bonds is 9. The second-order valence-corrected chi connectivity index (χ2v) is 8.62. The first-order chi connectivity index (χ1) is 16.1. The topological polar surface area (TPSA) is 82.6 Å². The van der Waals surface area contributed by atoms with Gasteiger partial charge in [-0.05, 0) is 37.3 Å². The Morgan fingerprint density at radius 1 is 0.970 bits per heavy atom. The first-order valence-electron chi connectivity index (χ1n) is 10.3.